The predicted octanol–water partition coefficient (Wildman–Crippen LogP) is 4.06. The summed E-state index contributed by atoms with van der Waals surface area (Å²) in [4.78, 5) is 22.1. The van der Waals surface area contributed by atoms with Crippen molar-refractivity contribution in [1.29, 1.82) is 0 Å². The molecule has 0 aliphatic rings. The monoisotopic (exact) mass is 375 g/mol. The van der Waals surface area contributed by atoms with Crippen molar-refractivity contribution in [3.63, 3.8) is 0 Å². The van der Waals surface area contributed by atoms with Gasteiger partial charge in [-0.2, -0.15) is 0 Å². The lowest BCUT2D eigenvalue weighted by atomic mass is 10.2. The van der Waals surface area contributed by atoms with Crippen LogP contribution in [0, 0.1) is 0 Å². The second-order valence-electron chi connectivity index (χ2n) is 6.59. The van der Waals surface area contributed by atoms with Gasteiger partial charge in [0.15, 0.2) is 0 Å². The van der Waals surface area contributed by atoms with Crippen molar-refractivity contribution >= 4 is 22.1 Å². The van der Waals surface area contributed by atoms with Gasteiger partial charge in [0.05, 0.1) is 32.2 Å². The lowest BCUT2D eigenvalue weighted by molar-refractivity contribution is 0.205. The van der Waals surface area contributed by atoms with Gasteiger partial charge in [-0.3, -0.25) is 9.69 Å². The molecular weight excluding hydrogens is 358 g/mol. The summed E-state index contributed by atoms with van der Waals surface area (Å²) in [6.45, 7) is 1.54. The van der Waals surface area contributed by atoms with Gasteiger partial charge in [-0.25, -0.2) is 4.98 Å². The summed E-state index contributed by atoms with van der Waals surface area (Å²) in [5.74, 6) is 2.20. The Morgan fingerprint density at radius 2 is 1.61 bits per heavy atom. The van der Waals surface area contributed by atoms with E-state index < -0.39 is 0 Å². The fraction of sp³-hybridized carbons (Fsp3) is 0.143. The normalized spacial score (nSPS) is 11.8. The van der Waals surface area contributed by atoms with Crippen LogP contribution in [-0.4, -0.2) is 14.9 Å². The van der Waals surface area contributed by atoms with Crippen LogP contribution >= 0.6 is 0 Å². The smallest absolute Gasteiger partial charge is 0.294 e. The molecule has 1 aromatic carbocycles. The predicted molar refractivity (Wildman–Crippen MR) is 103 cm³/mol. The number of furan rings is 3. The third-order valence-electron chi connectivity index (χ3n) is 4.57. The summed E-state index contributed by atoms with van der Waals surface area (Å²) in [5.41, 5.74) is 1.18. The van der Waals surface area contributed by atoms with E-state index in [-0.39, 0.29) is 11.1 Å². The topological polar surface area (TPSA) is 88.4 Å². The molecule has 7 heteroatoms. The Labute approximate surface area is 159 Å². The summed E-state index contributed by atoms with van der Waals surface area (Å²) in [5, 5.41) is 0.827. The third kappa shape index (κ3) is 3.12. The molecule has 0 amide bonds. The van der Waals surface area contributed by atoms with Gasteiger partial charge >= 0.3 is 0 Å². The van der Waals surface area contributed by atoms with E-state index in [0.29, 0.717) is 36.6 Å². The number of nitrogens with one attached hydrogen (secondary N) is 1. The lowest BCUT2D eigenvalue weighted by Gasteiger charge is -2.19. The van der Waals surface area contributed by atoms with E-state index in [2.05, 4.69) is 14.9 Å². The molecule has 0 saturated carbocycles. The van der Waals surface area contributed by atoms with Crippen LogP contribution in [0.4, 0.5) is 0 Å². The van der Waals surface area contributed by atoms with Crippen LogP contribution in [0.2, 0.25) is 0 Å². The van der Waals surface area contributed by atoms with Gasteiger partial charge in [0, 0.05) is 5.39 Å². The van der Waals surface area contributed by atoms with Crippen molar-refractivity contribution < 1.29 is 13.3 Å². The number of aromatic nitrogens is 2. The molecule has 7 nitrogen and oxygen atoms in total. The van der Waals surface area contributed by atoms with Crippen molar-refractivity contribution in [3.8, 4) is 0 Å². The highest BCUT2D eigenvalue weighted by molar-refractivity contribution is 6.01. The van der Waals surface area contributed by atoms with Gasteiger partial charge < -0.3 is 18.2 Å². The van der Waals surface area contributed by atoms with Gasteiger partial charge in [0.25, 0.3) is 5.56 Å². The molecule has 4 heterocycles. The Kier molecular flexibility index (Phi) is 4.06. The van der Waals surface area contributed by atoms with Crippen LogP contribution in [0.25, 0.3) is 22.1 Å². The molecule has 0 radical (unpaired) electrons. The van der Waals surface area contributed by atoms with Crippen molar-refractivity contribution in [3.05, 3.63) is 88.8 Å². The van der Waals surface area contributed by atoms with E-state index in [0.717, 1.165) is 16.9 Å². The zero-order chi connectivity index (χ0) is 18.9. The molecule has 0 unspecified atom stereocenters. The molecule has 140 valence electrons. The largest absolute Gasteiger partial charge is 0.468 e. The van der Waals surface area contributed by atoms with Crippen molar-refractivity contribution in [2.75, 3.05) is 0 Å². The highest BCUT2D eigenvalue weighted by atomic mass is 16.3. The van der Waals surface area contributed by atoms with Crippen LogP contribution in [-0.2, 0) is 19.6 Å². The summed E-state index contributed by atoms with van der Waals surface area (Å²) in [6.07, 6.45) is 3.29. The molecular formula is C21H17N3O4. The van der Waals surface area contributed by atoms with Crippen LogP contribution in [0.3, 0.4) is 0 Å². The standard InChI is InChI=1S/C21H17N3O4/c25-21-20-19(16-7-1-2-8-17(16)28-20)22-18(23-21)13-24(11-14-5-3-9-26-14)12-15-6-4-10-27-15/h1-10H,11-13H2,(H,22,23,25). The van der Waals surface area contributed by atoms with E-state index in [4.69, 9.17) is 13.3 Å². The highest BCUT2D eigenvalue weighted by Gasteiger charge is 2.16. The molecule has 28 heavy (non-hydrogen) atoms. The molecule has 0 bridgehead atoms. The molecule has 0 fully saturated rings. The number of para-hydroxylation sites is 1. The first-order chi connectivity index (χ1) is 13.8. The molecule has 0 aliphatic carbocycles. The minimum Gasteiger partial charge on any atom is -0.468 e. The maximum atomic E-state index is 12.5. The molecule has 5 aromatic rings. The first-order valence-corrected chi connectivity index (χ1v) is 8.94. The number of H-pyrrole nitrogens is 1. The second kappa shape index (κ2) is 6.86. The van der Waals surface area contributed by atoms with Crippen LogP contribution in [0.15, 0.2) is 79.1 Å². The Morgan fingerprint density at radius 1 is 0.893 bits per heavy atom. The number of hydrogen-bond acceptors (Lipinski definition) is 6. The molecule has 0 atom stereocenters. The first kappa shape index (κ1) is 16.6. The van der Waals surface area contributed by atoms with Crippen molar-refractivity contribution in [2.45, 2.75) is 19.6 Å². The Hall–Kier alpha value is -3.58. The molecule has 4 aromatic heterocycles. The zero-order valence-corrected chi connectivity index (χ0v) is 14.9. The van der Waals surface area contributed by atoms with E-state index in [1.54, 1.807) is 12.5 Å². The van der Waals surface area contributed by atoms with Gasteiger partial charge in [0.2, 0.25) is 5.58 Å². The van der Waals surface area contributed by atoms with E-state index in [9.17, 15) is 4.79 Å². The van der Waals surface area contributed by atoms with Crippen LogP contribution in [0.1, 0.15) is 17.3 Å². The third-order valence-corrected chi connectivity index (χ3v) is 4.57. The fourth-order valence-corrected chi connectivity index (χ4v) is 3.35. The summed E-state index contributed by atoms with van der Waals surface area (Å²) < 4.78 is 16.6. The minimum atomic E-state index is -0.285. The SMILES string of the molecule is O=c1[nH]c(CN(Cc2ccco2)Cc2ccco2)nc2c1oc1ccccc12. The second-order valence-corrected chi connectivity index (χ2v) is 6.59. The molecule has 5 rings (SSSR count). The molecule has 0 aliphatic heterocycles. The first-order valence-electron chi connectivity index (χ1n) is 8.94. The van der Waals surface area contributed by atoms with Crippen molar-refractivity contribution in [2.24, 2.45) is 0 Å². The Bertz CT molecular complexity index is 1230. The summed E-state index contributed by atoms with van der Waals surface area (Å²) in [6, 6.07) is 15.0. The highest BCUT2D eigenvalue weighted by Crippen LogP contribution is 2.24. The molecule has 1 N–H and O–H groups in total. The van der Waals surface area contributed by atoms with Crippen LogP contribution < -0.4 is 5.56 Å². The Morgan fingerprint density at radius 3 is 2.29 bits per heavy atom. The summed E-state index contributed by atoms with van der Waals surface area (Å²) >= 11 is 0. The quantitative estimate of drug-likeness (QED) is 0.481. The minimum absolute atomic E-state index is 0.244. The number of hydrogen-bond donors (Lipinski definition) is 1. The fourth-order valence-electron chi connectivity index (χ4n) is 3.35. The lowest BCUT2D eigenvalue weighted by Crippen LogP contribution is -2.25. The molecule has 0 spiro atoms. The summed E-state index contributed by atoms with van der Waals surface area (Å²) in [7, 11) is 0. The van der Waals surface area contributed by atoms with Gasteiger partial charge in [-0.05, 0) is 36.4 Å². The number of fused-ring (bicyclic) bond motifs is 3. The van der Waals surface area contributed by atoms with E-state index >= 15 is 0 Å². The van der Waals surface area contributed by atoms with Gasteiger partial charge in [-0.1, -0.05) is 12.1 Å². The maximum absolute atomic E-state index is 12.5. The van der Waals surface area contributed by atoms with E-state index in [1.807, 2.05) is 48.5 Å². The Balaban J connectivity index is 1.51. The van der Waals surface area contributed by atoms with Crippen molar-refractivity contribution in [1.82, 2.24) is 14.9 Å². The van der Waals surface area contributed by atoms with E-state index in [1.165, 1.54) is 0 Å². The van der Waals surface area contributed by atoms with Gasteiger partial charge in [0.1, 0.15) is 28.4 Å². The number of rotatable bonds is 6. The molecule has 0 saturated heterocycles. The number of aromatic amines is 1. The number of nitrogens with zero attached hydrogens (tertiary/aromatic N) is 2. The zero-order valence-electron chi connectivity index (χ0n) is 14.9. The van der Waals surface area contributed by atoms with Gasteiger partial charge in [-0.15, -0.1) is 0 Å². The average molecular weight is 375 g/mol. The maximum Gasteiger partial charge on any atom is 0.294 e. The average Bonchev–Trinajstić information content (AvgIpc) is 3.43. The van der Waals surface area contributed by atoms with Crippen LogP contribution in [0.5, 0.6) is 0 Å². The number of benzene rings is 1.